The lowest BCUT2D eigenvalue weighted by Gasteiger charge is -2.22. The first-order valence-corrected chi connectivity index (χ1v) is 9.77. The Kier molecular flexibility index (Phi) is 5.47. The normalized spacial score (nSPS) is 11.8. The van der Waals surface area contributed by atoms with Crippen molar-refractivity contribution in [3.8, 4) is 11.8 Å². The molecule has 10 heteroatoms. The summed E-state index contributed by atoms with van der Waals surface area (Å²) >= 11 is 6.25. The Balaban J connectivity index is 1.98. The fraction of sp³-hybridized carbons (Fsp3) is 0.0909. The molecule has 4 rings (SSSR count). The van der Waals surface area contributed by atoms with Gasteiger partial charge >= 0.3 is 0 Å². The summed E-state index contributed by atoms with van der Waals surface area (Å²) in [5.41, 5.74) is 5.15. The van der Waals surface area contributed by atoms with Crippen LogP contribution in [0.3, 0.4) is 0 Å². The van der Waals surface area contributed by atoms with Crippen molar-refractivity contribution in [2.24, 2.45) is 0 Å². The minimum Gasteiger partial charge on any atom is -0.368 e. The number of nitriles is 1. The van der Waals surface area contributed by atoms with E-state index in [-0.39, 0.29) is 39.1 Å². The van der Waals surface area contributed by atoms with Crippen LogP contribution in [0.15, 0.2) is 53.5 Å². The molecule has 0 spiro atoms. The largest absolute Gasteiger partial charge is 0.368 e. The number of hydrogen-bond acceptors (Lipinski definition) is 6. The number of nitrogens with one attached hydrogen (secondary N) is 1. The molecule has 3 N–H and O–H groups in total. The van der Waals surface area contributed by atoms with E-state index in [4.69, 9.17) is 17.3 Å². The second kappa shape index (κ2) is 8.24. The lowest BCUT2D eigenvalue weighted by atomic mass is 10.1. The van der Waals surface area contributed by atoms with E-state index >= 15 is 0 Å². The monoisotopic (exact) mass is 452 g/mol. The maximum atomic E-state index is 14.7. The maximum absolute atomic E-state index is 14.7. The van der Waals surface area contributed by atoms with E-state index in [0.29, 0.717) is 5.39 Å². The molecule has 1 atom stereocenters. The van der Waals surface area contributed by atoms with E-state index in [9.17, 15) is 18.8 Å². The molecule has 0 saturated carbocycles. The Bertz CT molecular complexity index is 1460. The van der Waals surface area contributed by atoms with Gasteiger partial charge in [0.15, 0.2) is 11.6 Å². The summed E-state index contributed by atoms with van der Waals surface area (Å²) in [6, 6.07) is 11.4. The summed E-state index contributed by atoms with van der Waals surface area (Å²) in [4.78, 5) is 21.2. The number of nitrogen functional groups attached to an aromatic ring is 1. The molecule has 0 bridgehead atoms. The molecule has 160 valence electrons. The molecule has 4 aromatic rings. The van der Waals surface area contributed by atoms with Gasteiger partial charge in [-0.3, -0.25) is 9.36 Å². The highest BCUT2D eigenvalue weighted by Crippen LogP contribution is 2.28. The molecular formula is C22H15ClF2N6O. The van der Waals surface area contributed by atoms with Crippen LogP contribution < -0.4 is 16.6 Å². The molecule has 0 aliphatic rings. The Hall–Kier alpha value is -4.03. The van der Waals surface area contributed by atoms with E-state index in [0.717, 1.165) is 10.6 Å². The third-order valence-corrected chi connectivity index (χ3v) is 5.24. The van der Waals surface area contributed by atoms with Crippen LogP contribution in [0.4, 0.5) is 20.5 Å². The number of nitrogens with two attached hydrogens (primary N) is 1. The molecule has 7 nitrogen and oxygen atoms in total. The van der Waals surface area contributed by atoms with Gasteiger partial charge < -0.3 is 11.1 Å². The summed E-state index contributed by atoms with van der Waals surface area (Å²) in [6.45, 7) is 1.68. The van der Waals surface area contributed by atoms with Crippen LogP contribution in [0.25, 0.3) is 16.5 Å². The van der Waals surface area contributed by atoms with Crippen LogP contribution in [0.1, 0.15) is 24.2 Å². The summed E-state index contributed by atoms with van der Waals surface area (Å²) in [7, 11) is 0. The summed E-state index contributed by atoms with van der Waals surface area (Å²) in [6.07, 6.45) is 1.26. The average Bonchev–Trinajstić information content (AvgIpc) is 2.76. The number of halogens is 3. The van der Waals surface area contributed by atoms with Crippen molar-refractivity contribution < 1.29 is 8.78 Å². The van der Waals surface area contributed by atoms with Crippen LogP contribution in [0.5, 0.6) is 0 Å². The zero-order chi connectivity index (χ0) is 23.0. The number of benzene rings is 2. The smallest absolute Gasteiger partial charge is 0.264 e. The van der Waals surface area contributed by atoms with Crippen molar-refractivity contribution in [3.05, 3.63) is 86.9 Å². The number of rotatable bonds is 4. The first-order valence-electron chi connectivity index (χ1n) is 9.39. The van der Waals surface area contributed by atoms with Gasteiger partial charge in [-0.15, -0.1) is 0 Å². The summed E-state index contributed by atoms with van der Waals surface area (Å²) in [5.74, 6) is -2.20. The molecular weight excluding hydrogens is 438 g/mol. The van der Waals surface area contributed by atoms with Gasteiger partial charge in [-0.25, -0.2) is 13.8 Å². The Morgan fingerprint density at radius 2 is 2.00 bits per heavy atom. The summed E-state index contributed by atoms with van der Waals surface area (Å²) < 4.78 is 29.8. The lowest BCUT2D eigenvalue weighted by molar-refractivity contribution is 0.502. The van der Waals surface area contributed by atoms with Crippen LogP contribution in [-0.2, 0) is 0 Å². The quantitative estimate of drug-likeness (QED) is 0.476. The van der Waals surface area contributed by atoms with Gasteiger partial charge in [-0.05, 0) is 36.6 Å². The van der Waals surface area contributed by atoms with Crippen molar-refractivity contribution in [1.82, 2.24) is 14.5 Å². The second-order valence-electron chi connectivity index (χ2n) is 6.96. The van der Waals surface area contributed by atoms with Crippen LogP contribution in [-0.4, -0.2) is 14.5 Å². The molecule has 0 unspecified atom stereocenters. The highest BCUT2D eigenvalue weighted by atomic mass is 35.5. The third-order valence-electron chi connectivity index (χ3n) is 4.92. The van der Waals surface area contributed by atoms with Crippen molar-refractivity contribution in [2.75, 3.05) is 11.1 Å². The molecule has 32 heavy (non-hydrogen) atoms. The number of fused-ring (bicyclic) bond motifs is 1. The molecule has 2 aromatic carbocycles. The molecule has 0 aliphatic carbocycles. The van der Waals surface area contributed by atoms with Crippen molar-refractivity contribution in [2.45, 2.75) is 13.0 Å². The lowest BCUT2D eigenvalue weighted by Crippen LogP contribution is -2.27. The number of nitrogens with zero attached hydrogens (tertiary/aromatic N) is 4. The predicted octanol–water partition coefficient (Wildman–Crippen LogP) is 4.34. The zero-order valence-electron chi connectivity index (χ0n) is 16.6. The van der Waals surface area contributed by atoms with E-state index in [2.05, 4.69) is 15.3 Å². The van der Waals surface area contributed by atoms with Crippen LogP contribution in [0, 0.1) is 23.0 Å². The standard InChI is InChI=1S/C22H15ClF2N6O/c1-11(29-20-13(9-26)10-28-22(27)30-20)17-8-12-4-2-5-14(23)18(12)21(32)31(17)16-7-3-6-15(24)19(16)25/h2-8,10-11H,1H3,(H3,27,28,29,30)/t11-/m0/s1. The zero-order valence-corrected chi connectivity index (χ0v) is 17.4. The average molecular weight is 453 g/mol. The SMILES string of the molecule is C[C@H](Nc1nc(N)ncc1C#N)c1cc2cccc(Cl)c2c(=O)n1-c1cccc(F)c1F. The van der Waals surface area contributed by atoms with E-state index in [1.165, 1.54) is 18.3 Å². The Morgan fingerprint density at radius 1 is 1.25 bits per heavy atom. The molecule has 0 saturated heterocycles. The number of hydrogen-bond donors (Lipinski definition) is 2. The van der Waals surface area contributed by atoms with Gasteiger partial charge in [-0.1, -0.05) is 29.8 Å². The highest BCUT2D eigenvalue weighted by Gasteiger charge is 2.22. The number of aromatic nitrogens is 3. The topological polar surface area (TPSA) is 110 Å². The molecule has 2 heterocycles. The summed E-state index contributed by atoms with van der Waals surface area (Å²) in [5, 5.41) is 13.2. The molecule has 0 aliphatic heterocycles. The van der Waals surface area contributed by atoms with E-state index < -0.39 is 23.2 Å². The second-order valence-corrected chi connectivity index (χ2v) is 7.36. The molecule has 0 radical (unpaired) electrons. The fourth-order valence-electron chi connectivity index (χ4n) is 3.44. The predicted molar refractivity (Wildman–Crippen MR) is 118 cm³/mol. The van der Waals surface area contributed by atoms with Gasteiger partial charge in [0.2, 0.25) is 5.95 Å². The van der Waals surface area contributed by atoms with E-state index in [1.54, 1.807) is 31.2 Å². The first-order chi connectivity index (χ1) is 15.3. The minimum atomic E-state index is -1.18. The fourth-order valence-corrected chi connectivity index (χ4v) is 3.70. The van der Waals surface area contributed by atoms with Crippen molar-refractivity contribution in [1.29, 1.82) is 5.26 Å². The Morgan fingerprint density at radius 3 is 2.75 bits per heavy atom. The molecule has 0 amide bonds. The molecule has 0 fully saturated rings. The minimum absolute atomic E-state index is 0.0578. The number of anilines is 2. The highest BCUT2D eigenvalue weighted by molar-refractivity contribution is 6.35. The van der Waals surface area contributed by atoms with Gasteiger partial charge in [0.05, 0.1) is 28.3 Å². The number of pyridine rings is 1. The van der Waals surface area contributed by atoms with Gasteiger partial charge in [0.1, 0.15) is 17.5 Å². The molecule has 2 aromatic heterocycles. The Labute approximate surface area is 185 Å². The van der Waals surface area contributed by atoms with Crippen molar-refractivity contribution in [3.63, 3.8) is 0 Å². The third kappa shape index (κ3) is 3.61. The van der Waals surface area contributed by atoms with Gasteiger partial charge in [-0.2, -0.15) is 10.2 Å². The van der Waals surface area contributed by atoms with Crippen molar-refractivity contribution >= 4 is 34.1 Å². The van der Waals surface area contributed by atoms with Crippen LogP contribution in [0.2, 0.25) is 5.02 Å². The first kappa shape index (κ1) is 21.2. The maximum Gasteiger partial charge on any atom is 0.264 e. The van der Waals surface area contributed by atoms with Crippen LogP contribution >= 0.6 is 11.6 Å². The van der Waals surface area contributed by atoms with Gasteiger partial charge in [0.25, 0.3) is 5.56 Å². The van der Waals surface area contributed by atoms with E-state index in [1.807, 2.05) is 6.07 Å². The van der Waals surface area contributed by atoms with Gasteiger partial charge in [0, 0.05) is 5.69 Å².